The highest BCUT2D eigenvalue weighted by Crippen LogP contribution is 2.30. The Labute approximate surface area is 83.1 Å². The average molecular weight is 193 g/mol. The second-order valence-corrected chi connectivity index (χ2v) is 4.28. The molecule has 1 aromatic rings. The fraction of sp³-hybridized carbons (Fsp3) is 0.545. The Bertz CT molecular complexity index is 389. The van der Waals surface area contributed by atoms with Crippen LogP contribution in [-0.2, 0) is 10.2 Å². The van der Waals surface area contributed by atoms with Crippen LogP contribution in [0.5, 0.6) is 0 Å². The van der Waals surface area contributed by atoms with Gasteiger partial charge in [0.25, 0.3) is 0 Å². The van der Waals surface area contributed by atoms with Gasteiger partial charge in [0.15, 0.2) is 5.43 Å². The summed E-state index contributed by atoms with van der Waals surface area (Å²) in [4.78, 5) is 14.6. The Morgan fingerprint density at radius 2 is 2.29 bits per heavy atom. The van der Waals surface area contributed by atoms with E-state index in [4.69, 9.17) is 4.74 Å². The number of ether oxygens (including phenoxy) is 1. The lowest BCUT2D eigenvalue weighted by Gasteiger charge is -2.21. The Kier molecular flexibility index (Phi) is 2.19. The van der Waals surface area contributed by atoms with Gasteiger partial charge in [-0.3, -0.25) is 4.79 Å². The summed E-state index contributed by atoms with van der Waals surface area (Å²) in [5.41, 5.74) is 1.98. The Hall–Kier alpha value is -1.09. The Morgan fingerprint density at radius 1 is 1.50 bits per heavy atom. The number of hydrogen-bond donors (Lipinski definition) is 1. The van der Waals surface area contributed by atoms with Crippen molar-refractivity contribution in [1.29, 1.82) is 0 Å². The van der Waals surface area contributed by atoms with Crippen LogP contribution in [0.1, 0.15) is 24.7 Å². The number of H-pyrrole nitrogens is 1. The molecule has 1 unspecified atom stereocenters. The third-order valence-corrected chi connectivity index (χ3v) is 2.85. The maximum Gasteiger partial charge on any atom is 0.182 e. The first kappa shape index (κ1) is 9.46. The van der Waals surface area contributed by atoms with Crippen molar-refractivity contribution < 1.29 is 4.74 Å². The van der Waals surface area contributed by atoms with Gasteiger partial charge in [0.1, 0.15) is 0 Å². The number of hydrogen-bond acceptors (Lipinski definition) is 2. The molecule has 3 nitrogen and oxygen atoms in total. The van der Waals surface area contributed by atoms with Gasteiger partial charge < -0.3 is 9.72 Å². The van der Waals surface area contributed by atoms with Gasteiger partial charge in [0.05, 0.1) is 6.61 Å². The van der Waals surface area contributed by atoms with Crippen molar-refractivity contribution in [3.8, 4) is 0 Å². The quantitative estimate of drug-likeness (QED) is 0.731. The molecule has 0 spiro atoms. The van der Waals surface area contributed by atoms with E-state index in [1.807, 2.05) is 6.92 Å². The van der Waals surface area contributed by atoms with Crippen LogP contribution >= 0.6 is 0 Å². The molecule has 1 aliphatic rings. The molecule has 1 saturated heterocycles. The summed E-state index contributed by atoms with van der Waals surface area (Å²) >= 11 is 0. The lowest BCUT2D eigenvalue weighted by Crippen LogP contribution is -2.25. The summed E-state index contributed by atoms with van der Waals surface area (Å²) in [6.07, 6.45) is 0.979. The summed E-state index contributed by atoms with van der Waals surface area (Å²) in [5.74, 6) is 0. The van der Waals surface area contributed by atoms with Crippen LogP contribution in [0.15, 0.2) is 16.9 Å². The number of aromatic amines is 1. The number of nitrogens with one attached hydrogen (secondary N) is 1. The van der Waals surface area contributed by atoms with Crippen LogP contribution in [0, 0.1) is 6.92 Å². The Morgan fingerprint density at radius 3 is 2.86 bits per heavy atom. The fourth-order valence-electron chi connectivity index (χ4n) is 1.89. The number of rotatable bonds is 1. The summed E-state index contributed by atoms with van der Waals surface area (Å²) in [6.45, 7) is 5.52. The lowest BCUT2D eigenvalue weighted by atomic mass is 9.85. The third-order valence-electron chi connectivity index (χ3n) is 2.85. The molecule has 2 rings (SSSR count). The normalized spacial score (nSPS) is 26.7. The summed E-state index contributed by atoms with van der Waals surface area (Å²) < 4.78 is 5.37. The molecule has 14 heavy (non-hydrogen) atoms. The highest BCUT2D eigenvalue weighted by atomic mass is 16.5. The molecular formula is C11H15NO2. The van der Waals surface area contributed by atoms with E-state index in [0.717, 1.165) is 24.4 Å². The minimum atomic E-state index is -0.00875. The fourth-order valence-corrected chi connectivity index (χ4v) is 1.89. The molecule has 0 amide bonds. The van der Waals surface area contributed by atoms with E-state index in [2.05, 4.69) is 11.9 Å². The molecule has 0 saturated carbocycles. The van der Waals surface area contributed by atoms with Crippen LogP contribution < -0.4 is 5.43 Å². The molecule has 2 heterocycles. The van der Waals surface area contributed by atoms with Gasteiger partial charge in [0.2, 0.25) is 0 Å². The van der Waals surface area contributed by atoms with Crippen LogP contribution in [0.2, 0.25) is 0 Å². The van der Waals surface area contributed by atoms with E-state index < -0.39 is 0 Å². The topological polar surface area (TPSA) is 42.1 Å². The zero-order valence-electron chi connectivity index (χ0n) is 8.59. The van der Waals surface area contributed by atoms with Gasteiger partial charge in [-0.05, 0) is 13.3 Å². The van der Waals surface area contributed by atoms with Gasteiger partial charge in [-0.25, -0.2) is 0 Å². The highest BCUT2D eigenvalue weighted by molar-refractivity contribution is 5.20. The highest BCUT2D eigenvalue weighted by Gasteiger charge is 2.32. The third kappa shape index (κ3) is 1.60. The molecule has 1 fully saturated rings. The van der Waals surface area contributed by atoms with Crippen molar-refractivity contribution in [2.75, 3.05) is 13.2 Å². The Balaban J connectivity index is 2.45. The first-order valence-electron chi connectivity index (χ1n) is 4.89. The lowest BCUT2D eigenvalue weighted by molar-refractivity contribution is 0.180. The predicted molar refractivity (Wildman–Crippen MR) is 54.6 cm³/mol. The van der Waals surface area contributed by atoms with Gasteiger partial charge in [-0.2, -0.15) is 0 Å². The smallest absolute Gasteiger partial charge is 0.182 e. The summed E-state index contributed by atoms with van der Waals surface area (Å²) in [5, 5.41) is 0. The SMILES string of the molecule is Cc1cc(=O)cc(C2(C)CCOC2)[nH]1. The monoisotopic (exact) mass is 193 g/mol. The van der Waals surface area contributed by atoms with Crippen molar-refractivity contribution in [2.24, 2.45) is 0 Å². The van der Waals surface area contributed by atoms with Crippen molar-refractivity contribution >= 4 is 0 Å². The second-order valence-electron chi connectivity index (χ2n) is 4.28. The van der Waals surface area contributed by atoms with E-state index in [-0.39, 0.29) is 10.8 Å². The van der Waals surface area contributed by atoms with Crippen molar-refractivity contribution in [1.82, 2.24) is 4.98 Å². The average Bonchev–Trinajstić information content (AvgIpc) is 2.52. The van der Waals surface area contributed by atoms with Crippen LogP contribution in [0.4, 0.5) is 0 Å². The molecule has 0 aliphatic carbocycles. The standard InChI is InChI=1S/C11H15NO2/c1-8-5-9(13)6-10(12-8)11(2)3-4-14-7-11/h5-6H,3-4,7H2,1-2H3,(H,12,13). The minimum absolute atomic E-state index is 0.00875. The minimum Gasteiger partial charge on any atom is -0.380 e. The molecule has 76 valence electrons. The number of aromatic nitrogens is 1. The van der Waals surface area contributed by atoms with Crippen LogP contribution in [0.25, 0.3) is 0 Å². The van der Waals surface area contributed by atoms with E-state index in [1.54, 1.807) is 12.1 Å². The molecular weight excluding hydrogens is 178 g/mol. The van der Waals surface area contributed by atoms with Crippen molar-refractivity contribution in [3.63, 3.8) is 0 Å². The van der Waals surface area contributed by atoms with Gasteiger partial charge in [-0.15, -0.1) is 0 Å². The first-order chi connectivity index (χ1) is 6.60. The van der Waals surface area contributed by atoms with E-state index in [9.17, 15) is 4.79 Å². The second kappa shape index (κ2) is 3.24. The molecule has 1 aliphatic heterocycles. The first-order valence-corrected chi connectivity index (χ1v) is 4.89. The largest absolute Gasteiger partial charge is 0.380 e. The van der Waals surface area contributed by atoms with Crippen LogP contribution in [0.3, 0.4) is 0 Å². The van der Waals surface area contributed by atoms with E-state index in [1.165, 1.54) is 0 Å². The van der Waals surface area contributed by atoms with E-state index >= 15 is 0 Å². The van der Waals surface area contributed by atoms with Crippen LogP contribution in [-0.4, -0.2) is 18.2 Å². The molecule has 0 bridgehead atoms. The molecule has 3 heteroatoms. The molecule has 0 radical (unpaired) electrons. The van der Waals surface area contributed by atoms with E-state index in [0.29, 0.717) is 6.61 Å². The van der Waals surface area contributed by atoms with Crippen molar-refractivity contribution in [3.05, 3.63) is 33.7 Å². The molecule has 1 atom stereocenters. The maximum absolute atomic E-state index is 11.3. The summed E-state index contributed by atoms with van der Waals surface area (Å²) in [6, 6.07) is 3.30. The van der Waals surface area contributed by atoms with Crippen molar-refractivity contribution in [2.45, 2.75) is 25.7 Å². The van der Waals surface area contributed by atoms with Gasteiger partial charge in [-0.1, -0.05) is 6.92 Å². The molecule has 1 aromatic heterocycles. The molecule has 0 aromatic carbocycles. The van der Waals surface area contributed by atoms with Gasteiger partial charge in [0, 0.05) is 35.5 Å². The zero-order valence-corrected chi connectivity index (χ0v) is 8.59. The summed E-state index contributed by atoms with van der Waals surface area (Å²) in [7, 11) is 0. The maximum atomic E-state index is 11.3. The van der Waals surface area contributed by atoms with Gasteiger partial charge >= 0.3 is 0 Å². The number of aryl methyl sites for hydroxylation is 1. The predicted octanol–water partition coefficient (Wildman–Crippen LogP) is 1.36. The zero-order chi connectivity index (χ0) is 10.2. The molecule has 1 N–H and O–H groups in total. The number of pyridine rings is 1.